The van der Waals surface area contributed by atoms with Gasteiger partial charge in [-0.05, 0) is 45.4 Å². The zero-order valence-electron chi connectivity index (χ0n) is 16.4. The van der Waals surface area contributed by atoms with Crippen molar-refractivity contribution < 1.29 is 19.4 Å². The smallest absolute Gasteiger partial charge is 0.338 e. The number of aromatic nitrogens is 1. The Kier molecular flexibility index (Phi) is 5.42. The Labute approximate surface area is 165 Å². The molecule has 1 aromatic heterocycles. The van der Waals surface area contributed by atoms with Crippen molar-refractivity contribution in [2.24, 2.45) is 4.99 Å². The maximum absolute atomic E-state index is 12.8. The van der Waals surface area contributed by atoms with Gasteiger partial charge in [0.2, 0.25) is 0 Å². The third-order valence-corrected chi connectivity index (χ3v) is 5.75. The van der Waals surface area contributed by atoms with E-state index in [1.54, 1.807) is 26.0 Å². The minimum absolute atomic E-state index is 0.00743. The molecule has 0 radical (unpaired) electrons. The summed E-state index contributed by atoms with van der Waals surface area (Å²) in [5, 5.41) is 9.90. The van der Waals surface area contributed by atoms with Crippen molar-refractivity contribution in [3.05, 3.63) is 49.0 Å². The number of benzene rings is 1. The Morgan fingerprint density at radius 3 is 2.68 bits per heavy atom. The van der Waals surface area contributed by atoms with Crippen LogP contribution in [0.1, 0.15) is 39.3 Å². The molecule has 1 atom stereocenters. The fourth-order valence-corrected chi connectivity index (χ4v) is 4.17. The molecule has 8 heteroatoms. The number of nitrogens with zero attached hydrogens (tertiary/aromatic N) is 2. The second-order valence-corrected chi connectivity index (χ2v) is 7.51. The molecule has 0 spiro atoms. The average molecular weight is 402 g/mol. The molecular weight excluding hydrogens is 380 g/mol. The van der Waals surface area contributed by atoms with Gasteiger partial charge in [-0.25, -0.2) is 9.79 Å². The predicted octanol–water partition coefficient (Wildman–Crippen LogP) is 1.98. The number of hydrogen-bond acceptors (Lipinski definition) is 7. The van der Waals surface area contributed by atoms with Crippen LogP contribution in [0.5, 0.6) is 11.5 Å². The van der Waals surface area contributed by atoms with Crippen LogP contribution < -0.4 is 19.6 Å². The molecule has 1 aliphatic heterocycles. The molecule has 2 aromatic rings. The number of esters is 1. The molecule has 1 N–H and O–H groups in total. The predicted molar refractivity (Wildman–Crippen MR) is 107 cm³/mol. The Morgan fingerprint density at radius 1 is 1.36 bits per heavy atom. The Morgan fingerprint density at radius 2 is 2.07 bits per heavy atom. The van der Waals surface area contributed by atoms with Crippen molar-refractivity contribution in [1.82, 2.24) is 4.57 Å². The number of phenols is 1. The topological polar surface area (TPSA) is 90.1 Å². The van der Waals surface area contributed by atoms with Crippen LogP contribution in [-0.2, 0) is 9.53 Å². The van der Waals surface area contributed by atoms with Gasteiger partial charge in [-0.2, -0.15) is 0 Å². The number of aromatic hydroxyl groups is 1. The van der Waals surface area contributed by atoms with Gasteiger partial charge in [-0.15, -0.1) is 0 Å². The fraction of sp³-hybridized carbons (Fsp3) is 0.350. The molecule has 3 rings (SSSR count). The maximum Gasteiger partial charge on any atom is 0.338 e. The van der Waals surface area contributed by atoms with Gasteiger partial charge in [0.05, 0.1) is 23.8 Å². The van der Waals surface area contributed by atoms with E-state index in [4.69, 9.17) is 14.5 Å². The van der Waals surface area contributed by atoms with E-state index in [2.05, 4.69) is 0 Å². The van der Waals surface area contributed by atoms with Crippen LogP contribution >= 0.6 is 11.3 Å². The van der Waals surface area contributed by atoms with Crippen molar-refractivity contribution in [2.75, 3.05) is 13.7 Å². The molecule has 1 aliphatic rings. The third-order valence-electron chi connectivity index (χ3n) is 4.49. The first-order valence-corrected chi connectivity index (χ1v) is 9.64. The number of carbonyl (C=O) groups is 1. The number of thiazole rings is 1. The molecule has 0 bridgehead atoms. The highest BCUT2D eigenvalue weighted by Crippen LogP contribution is 2.36. The number of allylic oxidation sites excluding steroid dienone is 1. The van der Waals surface area contributed by atoms with Crippen LogP contribution in [0.15, 0.2) is 33.6 Å². The molecule has 2 heterocycles. The molecule has 7 nitrogen and oxygen atoms in total. The van der Waals surface area contributed by atoms with Gasteiger partial charge in [-0.3, -0.25) is 9.36 Å². The molecule has 0 unspecified atom stereocenters. The van der Waals surface area contributed by atoms with E-state index in [1.807, 2.05) is 13.8 Å². The number of fused-ring (bicyclic) bond motifs is 1. The summed E-state index contributed by atoms with van der Waals surface area (Å²) >= 11 is 1.29. The third kappa shape index (κ3) is 3.24. The first-order valence-electron chi connectivity index (χ1n) is 8.82. The van der Waals surface area contributed by atoms with Crippen molar-refractivity contribution in [3.63, 3.8) is 0 Å². The number of phenolic OH excluding ortho intramolecular Hbond substituents is 1. The summed E-state index contributed by atoms with van der Waals surface area (Å²) in [6.45, 7) is 7.39. The summed E-state index contributed by atoms with van der Waals surface area (Å²) in [6, 6.07) is 4.14. The molecule has 28 heavy (non-hydrogen) atoms. The molecule has 1 aromatic carbocycles. The standard InChI is InChI=1S/C20H22N2O5S/c1-6-27-19(25)15-11(4)22-18(24)17(10(2)3)28-20(22)21-16(15)12-7-8-13(23)14(9-12)26-5/h7-9,16,23H,6H2,1-5H3/t16-/m0/s1. The van der Waals surface area contributed by atoms with Crippen LogP contribution in [0.2, 0.25) is 0 Å². The summed E-state index contributed by atoms with van der Waals surface area (Å²) in [7, 11) is 1.45. The Balaban J connectivity index is 2.33. The van der Waals surface area contributed by atoms with Crippen LogP contribution in [0, 0.1) is 0 Å². The summed E-state index contributed by atoms with van der Waals surface area (Å²) < 4.78 is 12.5. The molecule has 0 fully saturated rings. The van der Waals surface area contributed by atoms with Crippen molar-refractivity contribution >= 4 is 28.6 Å². The first kappa shape index (κ1) is 19.9. The molecular formula is C20H22N2O5S. The molecule has 0 aliphatic carbocycles. The fourth-order valence-electron chi connectivity index (χ4n) is 3.13. The lowest BCUT2D eigenvalue weighted by Gasteiger charge is -2.22. The SMILES string of the molecule is CCOC(=O)C1=C(C)n2c(sc(=C(C)C)c2=O)=N[C@H]1c1ccc(O)c(OC)c1. The summed E-state index contributed by atoms with van der Waals surface area (Å²) in [5.41, 5.74) is 2.14. The van der Waals surface area contributed by atoms with Gasteiger partial charge in [0.25, 0.3) is 5.56 Å². The minimum Gasteiger partial charge on any atom is -0.504 e. The number of methoxy groups -OCH3 is 1. The van der Waals surface area contributed by atoms with Crippen molar-refractivity contribution in [3.8, 4) is 11.5 Å². The van der Waals surface area contributed by atoms with Gasteiger partial charge >= 0.3 is 5.97 Å². The largest absolute Gasteiger partial charge is 0.504 e. The van der Waals surface area contributed by atoms with E-state index in [-0.39, 0.29) is 23.7 Å². The van der Waals surface area contributed by atoms with Crippen LogP contribution in [0.4, 0.5) is 0 Å². The van der Waals surface area contributed by atoms with E-state index in [1.165, 1.54) is 29.1 Å². The number of carbonyl (C=O) groups excluding carboxylic acids is 1. The summed E-state index contributed by atoms with van der Waals surface area (Å²) in [5.74, 6) is -0.253. The highest BCUT2D eigenvalue weighted by Gasteiger charge is 2.31. The maximum atomic E-state index is 12.8. The zero-order valence-corrected chi connectivity index (χ0v) is 17.2. The molecule has 0 saturated carbocycles. The number of hydrogen-bond donors (Lipinski definition) is 1. The zero-order chi connectivity index (χ0) is 20.6. The Bertz CT molecular complexity index is 1150. The lowest BCUT2D eigenvalue weighted by Crippen LogP contribution is -2.35. The monoisotopic (exact) mass is 402 g/mol. The normalized spacial score (nSPS) is 15.7. The number of ether oxygens (including phenoxy) is 2. The van der Waals surface area contributed by atoms with E-state index in [0.29, 0.717) is 26.2 Å². The molecule has 0 saturated heterocycles. The second kappa shape index (κ2) is 7.63. The minimum atomic E-state index is -0.670. The highest BCUT2D eigenvalue weighted by molar-refractivity contribution is 7.07. The average Bonchev–Trinajstić information content (AvgIpc) is 2.99. The molecule has 0 amide bonds. The van der Waals surface area contributed by atoms with Gasteiger partial charge < -0.3 is 14.6 Å². The molecule has 148 valence electrons. The van der Waals surface area contributed by atoms with Gasteiger partial charge in [0.1, 0.15) is 6.04 Å². The van der Waals surface area contributed by atoms with E-state index in [0.717, 1.165) is 5.57 Å². The lowest BCUT2D eigenvalue weighted by atomic mass is 9.96. The van der Waals surface area contributed by atoms with Crippen LogP contribution in [0.3, 0.4) is 0 Å². The van der Waals surface area contributed by atoms with Crippen LogP contribution in [-0.4, -0.2) is 29.4 Å². The highest BCUT2D eigenvalue weighted by atomic mass is 32.1. The Hall–Kier alpha value is -2.87. The van der Waals surface area contributed by atoms with Gasteiger partial charge in [0.15, 0.2) is 16.3 Å². The second-order valence-electron chi connectivity index (χ2n) is 6.54. The quantitative estimate of drug-likeness (QED) is 0.790. The van der Waals surface area contributed by atoms with E-state index in [9.17, 15) is 14.7 Å². The van der Waals surface area contributed by atoms with Crippen LogP contribution in [0.25, 0.3) is 11.3 Å². The van der Waals surface area contributed by atoms with Crippen molar-refractivity contribution in [2.45, 2.75) is 33.7 Å². The summed E-state index contributed by atoms with van der Waals surface area (Å²) in [4.78, 5) is 30.8. The first-order chi connectivity index (χ1) is 13.3. The van der Waals surface area contributed by atoms with Gasteiger partial charge in [-0.1, -0.05) is 23.0 Å². The van der Waals surface area contributed by atoms with E-state index >= 15 is 0 Å². The lowest BCUT2D eigenvalue weighted by molar-refractivity contribution is -0.138. The van der Waals surface area contributed by atoms with Gasteiger partial charge in [0, 0.05) is 5.70 Å². The van der Waals surface area contributed by atoms with Crippen molar-refractivity contribution in [1.29, 1.82) is 0 Å². The van der Waals surface area contributed by atoms with E-state index < -0.39 is 12.0 Å². The number of rotatable bonds is 4. The summed E-state index contributed by atoms with van der Waals surface area (Å²) in [6.07, 6.45) is 0.